The minimum Gasteiger partial charge on any atom is -0.484 e. The first-order valence-corrected chi connectivity index (χ1v) is 7.51. The highest BCUT2D eigenvalue weighted by atomic mass is 16.5. The number of nitrogens with zero attached hydrogens (tertiary/aromatic N) is 1. The maximum Gasteiger partial charge on any atom is 0.340 e. The van der Waals surface area contributed by atoms with Gasteiger partial charge in [0.2, 0.25) is 0 Å². The normalized spacial score (nSPS) is 10.6. The Morgan fingerprint density at radius 2 is 1.75 bits per heavy atom. The molecule has 24 heavy (non-hydrogen) atoms. The van der Waals surface area contributed by atoms with Crippen LogP contribution in [0, 0.1) is 6.92 Å². The third-order valence-corrected chi connectivity index (χ3v) is 3.77. The lowest BCUT2D eigenvalue weighted by molar-refractivity contribution is 0.0603. The second-order valence-corrected chi connectivity index (χ2v) is 5.42. The van der Waals surface area contributed by atoms with E-state index >= 15 is 0 Å². The number of carbonyl (C=O) groups excluding carboxylic acids is 2. The zero-order chi connectivity index (χ0) is 17.1. The van der Waals surface area contributed by atoms with Gasteiger partial charge in [-0.05, 0) is 25.1 Å². The maximum atomic E-state index is 12.5. The standard InChI is InChI=1S/C19H17NO4/c1-13-7-9-14(10-8-13)24-12-18(21)20-11-16(19(22)23-2)15-5-3-4-6-17(15)20/h3-11H,12H2,1-2H3. The molecule has 2 aromatic carbocycles. The smallest absolute Gasteiger partial charge is 0.340 e. The summed E-state index contributed by atoms with van der Waals surface area (Å²) in [4.78, 5) is 24.4. The second kappa shape index (κ2) is 6.58. The van der Waals surface area contributed by atoms with Gasteiger partial charge in [-0.15, -0.1) is 0 Å². The fourth-order valence-electron chi connectivity index (χ4n) is 2.51. The first-order chi connectivity index (χ1) is 11.6. The van der Waals surface area contributed by atoms with Gasteiger partial charge in [0, 0.05) is 11.6 Å². The third-order valence-electron chi connectivity index (χ3n) is 3.77. The van der Waals surface area contributed by atoms with Gasteiger partial charge in [-0.25, -0.2) is 4.79 Å². The summed E-state index contributed by atoms with van der Waals surface area (Å²) in [7, 11) is 1.32. The number of aromatic nitrogens is 1. The van der Waals surface area contributed by atoms with Crippen molar-refractivity contribution in [3.63, 3.8) is 0 Å². The molecule has 122 valence electrons. The number of benzene rings is 2. The van der Waals surface area contributed by atoms with Crippen LogP contribution in [0.25, 0.3) is 10.9 Å². The number of fused-ring (bicyclic) bond motifs is 1. The summed E-state index contributed by atoms with van der Waals surface area (Å²) in [6, 6.07) is 14.7. The Morgan fingerprint density at radius 3 is 2.46 bits per heavy atom. The molecular formula is C19H17NO4. The Bertz CT molecular complexity index is 893. The lowest BCUT2D eigenvalue weighted by Gasteiger charge is -2.07. The highest BCUT2D eigenvalue weighted by Crippen LogP contribution is 2.22. The van der Waals surface area contributed by atoms with Crippen LogP contribution < -0.4 is 4.74 Å². The van der Waals surface area contributed by atoms with E-state index < -0.39 is 5.97 Å². The molecule has 1 aromatic heterocycles. The molecule has 3 rings (SSSR count). The molecule has 0 saturated heterocycles. The molecule has 0 radical (unpaired) electrons. The summed E-state index contributed by atoms with van der Waals surface area (Å²) in [6.45, 7) is 1.86. The zero-order valence-corrected chi connectivity index (χ0v) is 13.5. The molecule has 5 nitrogen and oxygen atoms in total. The molecule has 0 amide bonds. The van der Waals surface area contributed by atoms with Crippen molar-refractivity contribution in [1.29, 1.82) is 0 Å². The number of esters is 1. The summed E-state index contributed by atoms with van der Waals surface area (Å²) in [5.74, 6) is -0.113. The third kappa shape index (κ3) is 3.01. The van der Waals surface area contributed by atoms with Gasteiger partial charge in [-0.1, -0.05) is 35.9 Å². The van der Waals surface area contributed by atoms with Gasteiger partial charge in [-0.2, -0.15) is 0 Å². The van der Waals surface area contributed by atoms with Crippen LogP contribution in [-0.2, 0) is 4.74 Å². The molecule has 3 aromatic rings. The molecule has 0 aliphatic rings. The monoisotopic (exact) mass is 323 g/mol. The molecule has 0 aliphatic carbocycles. The predicted octanol–water partition coefficient (Wildman–Crippen LogP) is 3.46. The van der Waals surface area contributed by atoms with Crippen LogP contribution in [0.4, 0.5) is 0 Å². The van der Waals surface area contributed by atoms with Gasteiger partial charge >= 0.3 is 5.97 Å². The van der Waals surface area contributed by atoms with Crippen molar-refractivity contribution < 1.29 is 19.1 Å². The second-order valence-electron chi connectivity index (χ2n) is 5.42. The Kier molecular flexibility index (Phi) is 4.33. The average molecular weight is 323 g/mol. The van der Waals surface area contributed by atoms with Crippen molar-refractivity contribution in [1.82, 2.24) is 4.57 Å². The minimum absolute atomic E-state index is 0.123. The van der Waals surface area contributed by atoms with Crippen LogP contribution in [0.15, 0.2) is 54.7 Å². The van der Waals surface area contributed by atoms with Crippen molar-refractivity contribution in [2.24, 2.45) is 0 Å². The van der Waals surface area contributed by atoms with Crippen molar-refractivity contribution >= 4 is 22.8 Å². The SMILES string of the molecule is COC(=O)c1cn(C(=O)COc2ccc(C)cc2)c2ccccc12. The van der Waals surface area contributed by atoms with E-state index in [0.29, 0.717) is 22.2 Å². The number of methoxy groups -OCH3 is 1. The van der Waals surface area contributed by atoms with E-state index in [-0.39, 0.29) is 12.5 Å². The molecular weight excluding hydrogens is 306 g/mol. The van der Waals surface area contributed by atoms with Crippen LogP contribution in [-0.4, -0.2) is 30.2 Å². The zero-order valence-electron chi connectivity index (χ0n) is 13.5. The van der Waals surface area contributed by atoms with Gasteiger partial charge in [0.25, 0.3) is 5.91 Å². The molecule has 1 heterocycles. The molecule has 5 heteroatoms. The number of rotatable bonds is 4. The fourth-order valence-corrected chi connectivity index (χ4v) is 2.51. The Morgan fingerprint density at radius 1 is 1.04 bits per heavy atom. The Labute approximate surface area is 139 Å². The predicted molar refractivity (Wildman–Crippen MR) is 90.6 cm³/mol. The van der Waals surface area contributed by atoms with Gasteiger partial charge in [0.05, 0.1) is 18.2 Å². The van der Waals surface area contributed by atoms with Crippen LogP contribution in [0.1, 0.15) is 20.7 Å². The lowest BCUT2D eigenvalue weighted by Crippen LogP contribution is -2.18. The summed E-state index contributed by atoms with van der Waals surface area (Å²) < 4.78 is 11.7. The summed E-state index contributed by atoms with van der Waals surface area (Å²) >= 11 is 0. The molecule has 0 fully saturated rings. The summed E-state index contributed by atoms with van der Waals surface area (Å²) in [5.41, 5.74) is 2.12. The van der Waals surface area contributed by atoms with E-state index in [1.807, 2.05) is 43.3 Å². The van der Waals surface area contributed by atoms with E-state index in [9.17, 15) is 9.59 Å². The molecule has 0 spiro atoms. The van der Waals surface area contributed by atoms with Crippen molar-refractivity contribution in [3.05, 3.63) is 65.9 Å². The highest BCUT2D eigenvalue weighted by molar-refractivity contribution is 6.07. The molecule has 0 N–H and O–H groups in total. The summed E-state index contributed by atoms with van der Waals surface area (Å²) in [6.07, 6.45) is 1.50. The van der Waals surface area contributed by atoms with Crippen LogP contribution in [0.2, 0.25) is 0 Å². The average Bonchev–Trinajstić information content (AvgIpc) is 3.00. The Balaban J connectivity index is 1.87. The van der Waals surface area contributed by atoms with Gasteiger partial charge in [0.1, 0.15) is 5.75 Å². The van der Waals surface area contributed by atoms with E-state index in [4.69, 9.17) is 9.47 Å². The number of hydrogen-bond donors (Lipinski definition) is 0. The van der Waals surface area contributed by atoms with Crippen molar-refractivity contribution in [2.75, 3.05) is 13.7 Å². The van der Waals surface area contributed by atoms with Gasteiger partial charge < -0.3 is 9.47 Å². The topological polar surface area (TPSA) is 57.5 Å². The lowest BCUT2D eigenvalue weighted by atomic mass is 10.2. The van der Waals surface area contributed by atoms with Gasteiger partial charge in [-0.3, -0.25) is 9.36 Å². The Hall–Kier alpha value is -3.08. The number of hydrogen-bond acceptors (Lipinski definition) is 4. The number of para-hydroxylation sites is 1. The van der Waals surface area contributed by atoms with E-state index in [2.05, 4.69) is 0 Å². The molecule has 0 bridgehead atoms. The number of carbonyl (C=O) groups is 2. The first-order valence-electron chi connectivity index (χ1n) is 7.51. The van der Waals surface area contributed by atoms with Crippen LogP contribution >= 0.6 is 0 Å². The molecule has 0 unspecified atom stereocenters. The molecule has 0 atom stereocenters. The highest BCUT2D eigenvalue weighted by Gasteiger charge is 2.18. The summed E-state index contributed by atoms with van der Waals surface area (Å²) in [5, 5.41) is 0.674. The van der Waals surface area contributed by atoms with Gasteiger partial charge in [0.15, 0.2) is 6.61 Å². The molecule has 0 aliphatic heterocycles. The van der Waals surface area contributed by atoms with E-state index in [1.165, 1.54) is 17.9 Å². The fraction of sp³-hybridized carbons (Fsp3) is 0.158. The van der Waals surface area contributed by atoms with Crippen molar-refractivity contribution in [3.8, 4) is 5.75 Å². The van der Waals surface area contributed by atoms with Crippen molar-refractivity contribution in [2.45, 2.75) is 6.92 Å². The minimum atomic E-state index is -0.475. The van der Waals surface area contributed by atoms with Crippen LogP contribution in [0.5, 0.6) is 5.75 Å². The maximum absolute atomic E-state index is 12.5. The first kappa shape index (κ1) is 15.8. The number of aryl methyl sites for hydroxylation is 1. The molecule has 0 saturated carbocycles. The van der Waals surface area contributed by atoms with E-state index in [0.717, 1.165) is 5.56 Å². The quantitative estimate of drug-likeness (QED) is 0.690. The van der Waals surface area contributed by atoms with Crippen LogP contribution in [0.3, 0.4) is 0 Å². The number of ether oxygens (including phenoxy) is 2. The largest absolute Gasteiger partial charge is 0.484 e. The van der Waals surface area contributed by atoms with E-state index in [1.54, 1.807) is 12.1 Å².